The number of aliphatic hydroxyl groups is 2. The molecule has 1 heterocycles. The molecular formula is C16H25ClN5O4P. The maximum Gasteiger partial charge on any atom is 0.200 e. The Labute approximate surface area is 162 Å². The number of nitrogen functional groups attached to an aromatic ring is 1. The third kappa shape index (κ3) is 3.47. The molecule has 1 aromatic heterocycles. The topological polar surface area (TPSA) is 147 Å². The van der Waals surface area contributed by atoms with Gasteiger partial charge >= 0.3 is 0 Å². The summed E-state index contributed by atoms with van der Waals surface area (Å²) < 4.78 is 19.4. The van der Waals surface area contributed by atoms with Gasteiger partial charge in [-0.2, -0.15) is 0 Å². The third-order valence-electron chi connectivity index (χ3n) is 5.75. The molecule has 0 aliphatic heterocycles. The maximum atomic E-state index is 12.4. The van der Waals surface area contributed by atoms with E-state index in [4.69, 9.17) is 27.3 Å². The highest BCUT2D eigenvalue weighted by atomic mass is 35.5. The van der Waals surface area contributed by atoms with Crippen LogP contribution in [0.3, 0.4) is 0 Å². The van der Waals surface area contributed by atoms with Crippen molar-refractivity contribution < 1.29 is 19.3 Å². The summed E-state index contributed by atoms with van der Waals surface area (Å²) in [4.78, 5) is 8.15. The highest BCUT2D eigenvalue weighted by molar-refractivity contribution is 7.58. The highest BCUT2D eigenvalue weighted by Crippen LogP contribution is 2.70. The number of rotatable bonds is 8. The number of halogens is 1. The fourth-order valence-electron chi connectivity index (χ4n) is 4.40. The van der Waals surface area contributed by atoms with Crippen LogP contribution in [0.1, 0.15) is 31.5 Å². The minimum Gasteiger partial charge on any atom is -0.390 e. The zero-order chi connectivity index (χ0) is 20.0. The van der Waals surface area contributed by atoms with Gasteiger partial charge in [0.05, 0.1) is 30.8 Å². The van der Waals surface area contributed by atoms with Gasteiger partial charge in [-0.15, -0.1) is 0 Å². The Morgan fingerprint density at radius 2 is 2.37 bits per heavy atom. The molecule has 0 saturated heterocycles. The molecule has 27 heavy (non-hydrogen) atoms. The summed E-state index contributed by atoms with van der Waals surface area (Å²) in [6.07, 6.45) is 1.01. The minimum atomic E-state index is -2.73. The van der Waals surface area contributed by atoms with Gasteiger partial charge in [0.25, 0.3) is 0 Å². The van der Waals surface area contributed by atoms with Crippen LogP contribution >= 0.6 is 19.0 Å². The predicted molar refractivity (Wildman–Crippen MR) is 103 cm³/mol. The van der Waals surface area contributed by atoms with Gasteiger partial charge in [-0.25, -0.2) is 9.98 Å². The van der Waals surface area contributed by atoms with Crippen LogP contribution in [-0.2, 0) is 9.09 Å². The Morgan fingerprint density at radius 3 is 2.96 bits per heavy atom. The molecule has 11 heteroatoms. The highest BCUT2D eigenvalue weighted by Gasteiger charge is 2.71. The molecule has 5 N–H and O–H groups in total. The van der Waals surface area contributed by atoms with Crippen LogP contribution in [0.15, 0.2) is 11.3 Å². The number of amidine groups is 1. The second kappa shape index (κ2) is 7.29. The van der Waals surface area contributed by atoms with Gasteiger partial charge in [-0.1, -0.05) is 11.6 Å². The smallest absolute Gasteiger partial charge is 0.200 e. The van der Waals surface area contributed by atoms with E-state index in [1.165, 1.54) is 6.33 Å². The fourth-order valence-corrected chi connectivity index (χ4v) is 5.99. The van der Waals surface area contributed by atoms with Gasteiger partial charge in [0.1, 0.15) is 17.6 Å². The van der Waals surface area contributed by atoms with Crippen molar-refractivity contribution >= 4 is 36.3 Å². The van der Waals surface area contributed by atoms with Crippen molar-refractivity contribution in [3.63, 3.8) is 0 Å². The molecule has 150 valence electrons. The van der Waals surface area contributed by atoms with Crippen LogP contribution < -0.4 is 5.73 Å². The lowest BCUT2D eigenvalue weighted by Gasteiger charge is -2.25. The lowest BCUT2D eigenvalue weighted by molar-refractivity contribution is -0.0185. The van der Waals surface area contributed by atoms with E-state index in [0.29, 0.717) is 25.6 Å². The van der Waals surface area contributed by atoms with E-state index >= 15 is 0 Å². The second-order valence-corrected chi connectivity index (χ2v) is 10.3. The first-order valence-electron chi connectivity index (χ1n) is 8.79. The SMILES string of the molecule is CCOP(C)(=O)CC[C@]12C[C@@H]1[C@@H](n1cnc(C(=N)N)c1/N=C/Cl)[C@H](O)[C@@H]2O. The molecular weight excluding hydrogens is 393 g/mol. The Kier molecular flexibility index (Phi) is 5.53. The van der Waals surface area contributed by atoms with Crippen molar-refractivity contribution in [3.8, 4) is 0 Å². The van der Waals surface area contributed by atoms with Gasteiger partial charge in [-0.05, 0) is 25.7 Å². The molecule has 2 saturated carbocycles. The molecule has 0 radical (unpaired) electrons. The van der Waals surface area contributed by atoms with E-state index in [2.05, 4.69) is 9.98 Å². The molecule has 2 aliphatic carbocycles. The molecule has 1 unspecified atom stereocenters. The quantitative estimate of drug-likeness (QED) is 0.287. The van der Waals surface area contributed by atoms with Crippen LogP contribution in [0.5, 0.6) is 0 Å². The van der Waals surface area contributed by atoms with Gasteiger partial charge in [0, 0.05) is 18.2 Å². The largest absolute Gasteiger partial charge is 0.390 e. The van der Waals surface area contributed by atoms with E-state index in [1.807, 2.05) is 0 Å². The number of nitrogens with two attached hydrogens (primary N) is 1. The van der Waals surface area contributed by atoms with Crippen LogP contribution in [-0.4, -0.2) is 62.9 Å². The first-order valence-corrected chi connectivity index (χ1v) is 11.5. The first kappa shape index (κ1) is 20.5. The lowest BCUT2D eigenvalue weighted by Crippen LogP contribution is -2.34. The van der Waals surface area contributed by atoms with E-state index in [-0.39, 0.29) is 23.3 Å². The van der Waals surface area contributed by atoms with Crippen LogP contribution in [0.4, 0.5) is 5.82 Å². The monoisotopic (exact) mass is 417 g/mol. The van der Waals surface area contributed by atoms with E-state index in [9.17, 15) is 14.8 Å². The summed E-state index contributed by atoms with van der Waals surface area (Å²) in [5, 5.41) is 29.0. The molecule has 0 spiro atoms. The van der Waals surface area contributed by atoms with Crippen molar-refractivity contribution in [2.45, 2.75) is 38.0 Å². The molecule has 0 bridgehead atoms. The van der Waals surface area contributed by atoms with Crippen LogP contribution in [0.2, 0.25) is 0 Å². The zero-order valence-corrected chi connectivity index (χ0v) is 16.9. The van der Waals surface area contributed by atoms with Crippen molar-refractivity contribution in [1.82, 2.24) is 9.55 Å². The van der Waals surface area contributed by atoms with Crippen molar-refractivity contribution in [2.24, 2.45) is 22.1 Å². The third-order valence-corrected chi connectivity index (χ3v) is 7.69. The van der Waals surface area contributed by atoms with Gasteiger partial charge in [-0.3, -0.25) is 9.97 Å². The molecule has 2 aliphatic rings. The van der Waals surface area contributed by atoms with Crippen molar-refractivity contribution in [1.29, 1.82) is 5.41 Å². The normalized spacial score (nSPS) is 34.6. The summed E-state index contributed by atoms with van der Waals surface area (Å²) in [6.45, 7) is 3.77. The molecule has 0 amide bonds. The van der Waals surface area contributed by atoms with Crippen molar-refractivity contribution in [2.75, 3.05) is 19.4 Å². The number of aliphatic imine (C=N–C) groups is 1. The summed E-state index contributed by atoms with van der Waals surface area (Å²) in [6, 6.07) is -0.473. The Bertz CT molecular complexity index is 815. The predicted octanol–water partition coefficient (Wildman–Crippen LogP) is 1.68. The standard InChI is InChI=1S/C16H25ClN5O4P/c1-3-26-27(2,25)5-4-16-6-9(16)11(12(23)13(16)24)22-8-21-10(14(18)19)15(22)20-7-17/h7-9,11-13,23-24H,3-6H2,1-2H3,(H3,18,19)/b20-7+/t9-,11-,12+,13+,16+,27?/m1/s1. The number of nitrogens with one attached hydrogen (secondary N) is 1. The molecule has 6 atom stereocenters. The molecule has 2 fully saturated rings. The molecule has 1 aromatic rings. The van der Waals surface area contributed by atoms with Crippen molar-refractivity contribution in [3.05, 3.63) is 12.0 Å². The summed E-state index contributed by atoms with van der Waals surface area (Å²) >= 11 is 5.62. The number of hydrogen-bond acceptors (Lipinski definition) is 7. The first-order chi connectivity index (χ1) is 12.7. The lowest BCUT2D eigenvalue weighted by atomic mass is 9.96. The van der Waals surface area contributed by atoms with E-state index in [1.54, 1.807) is 18.2 Å². The minimum absolute atomic E-state index is 0.0255. The van der Waals surface area contributed by atoms with Gasteiger partial charge in [0.15, 0.2) is 13.2 Å². The summed E-state index contributed by atoms with van der Waals surface area (Å²) in [5.74, 6) is -0.0147. The number of nitrogens with zero attached hydrogens (tertiary/aromatic N) is 3. The Balaban J connectivity index is 1.86. The average molecular weight is 418 g/mol. The molecule has 9 nitrogen and oxygen atoms in total. The molecule has 0 aromatic carbocycles. The van der Waals surface area contributed by atoms with Gasteiger partial charge < -0.3 is 25.0 Å². The summed E-state index contributed by atoms with van der Waals surface area (Å²) in [7, 11) is -2.73. The summed E-state index contributed by atoms with van der Waals surface area (Å²) in [5.41, 5.74) is 6.26. The fraction of sp³-hybridized carbons (Fsp3) is 0.688. The Hall–Kier alpha value is -1.25. The number of aromatic nitrogens is 2. The number of hydrogen-bond donors (Lipinski definition) is 4. The zero-order valence-electron chi connectivity index (χ0n) is 15.2. The average Bonchev–Trinajstić information content (AvgIpc) is 3.10. The van der Waals surface area contributed by atoms with Gasteiger partial charge in [0.2, 0.25) is 0 Å². The maximum absolute atomic E-state index is 12.4. The van der Waals surface area contributed by atoms with Crippen LogP contribution in [0.25, 0.3) is 0 Å². The molecule has 3 rings (SSSR count). The van der Waals surface area contributed by atoms with E-state index in [0.717, 1.165) is 5.67 Å². The second-order valence-electron chi connectivity index (χ2n) is 7.34. The Morgan fingerprint density at radius 1 is 1.67 bits per heavy atom. The number of fused-ring (bicyclic) bond motifs is 1. The van der Waals surface area contributed by atoms with E-state index < -0.39 is 31.0 Å². The number of imidazole rings is 1. The number of aliphatic hydroxyl groups excluding tert-OH is 2. The van der Waals surface area contributed by atoms with Crippen LogP contribution in [0, 0.1) is 16.7 Å².